The van der Waals surface area contributed by atoms with Crippen LogP contribution in [0.15, 0.2) is 30.6 Å². The van der Waals surface area contributed by atoms with Crippen LogP contribution in [0.5, 0.6) is 0 Å². The first-order valence-corrected chi connectivity index (χ1v) is 8.88. The molecule has 0 saturated carbocycles. The van der Waals surface area contributed by atoms with Crippen LogP contribution in [-0.4, -0.2) is 83.8 Å². The molecule has 2 aromatic heterocycles. The molecule has 2 aliphatic rings. The number of aromatic nitrogens is 4. The van der Waals surface area contributed by atoms with Gasteiger partial charge in [-0.1, -0.05) is 6.07 Å². The van der Waals surface area contributed by atoms with E-state index >= 15 is 0 Å². The topological polar surface area (TPSA) is 81.6 Å². The maximum absolute atomic E-state index is 10.8. The number of hydrogen-bond donors (Lipinski definition) is 0. The van der Waals surface area contributed by atoms with Crippen molar-refractivity contribution in [1.29, 1.82) is 0 Å². The summed E-state index contributed by atoms with van der Waals surface area (Å²) in [5, 5.41) is 8.37. The van der Waals surface area contributed by atoms with E-state index in [4.69, 9.17) is 4.98 Å². The zero-order chi connectivity index (χ0) is 17.8. The van der Waals surface area contributed by atoms with Crippen LogP contribution in [0.3, 0.4) is 0 Å². The predicted octanol–water partition coefficient (Wildman–Crippen LogP) is -0.128. The molecule has 9 nitrogen and oxygen atoms in total. The highest BCUT2D eigenvalue weighted by atomic mass is 16.1. The van der Waals surface area contributed by atoms with Gasteiger partial charge in [-0.25, -0.2) is 4.98 Å². The highest BCUT2D eigenvalue weighted by molar-refractivity contribution is 5.49. The second-order valence-corrected chi connectivity index (χ2v) is 6.41. The summed E-state index contributed by atoms with van der Waals surface area (Å²) in [6.45, 7) is 6.39. The number of anilines is 3. The Kier molecular flexibility index (Phi) is 4.76. The number of pyridine rings is 1. The maximum Gasteiger partial charge on any atom is 0.247 e. The minimum absolute atomic E-state index is 0.668. The van der Waals surface area contributed by atoms with E-state index in [0.29, 0.717) is 19.0 Å². The lowest BCUT2D eigenvalue weighted by molar-refractivity contribution is -0.118. The lowest BCUT2D eigenvalue weighted by Crippen LogP contribution is -2.48. The van der Waals surface area contributed by atoms with Crippen molar-refractivity contribution in [2.45, 2.75) is 0 Å². The van der Waals surface area contributed by atoms with Crippen LogP contribution in [-0.2, 0) is 4.79 Å². The molecule has 26 heavy (non-hydrogen) atoms. The van der Waals surface area contributed by atoms with Crippen LogP contribution >= 0.6 is 0 Å². The summed E-state index contributed by atoms with van der Waals surface area (Å²) in [6, 6.07) is 5.97. The molecule has 4 rings (SSSR count). The third-order valence-electron chi connectivity index (χ3n) is 4.86. The monoisotopic (exact) mass is 354 g/mol. The SMILES string of the molecule is O=CN1CCN(c2cnnc(N3CCN(c4ccccn4)CC3)n2)CC1. The van der Waals surface area contributed by atoms with Gasteiger partial charge in [0.25, 0.3) is 0 Å². The molecule has 0 aromatic carbocycles. The van der Waals surface area contributed by atoms with Crippen molar-refractivity contribution in [2.24, 2.45) is 0 Å². The van der Waals surface area contributed by atoms with Gasteiger partial charge in [-0.15, -0.1) is 5.10 Å². The summed E-state index contributed by atoms with van der Waals surface area (Å²) in [5.74, 6) is 2.50. The molecule has 4 heterocycles. The van der Waals surface area contributed by atoms with Crippen molar-refractivity contribution < 1.29 is 4.79 Å². The Morgan fingerprint density at radius 2 is 1.54 bits per heavy atom. The molecule has 2 fully saturated rings. The quantitative estimate of drug-likeness (QED) is 0.703. The molecule has 0 radical (unpaired) electrons. The Balaban J connectivity index is 1.39. The van der Waals surface area contributed by atoms with Gasteiger partial charge in [-0.05, 0) is 12.1 Å². The minimum Gasteiger partial charge on any atom is -0.353 e. The molecule has 0 bridgehead atoms. The average molecular weight is 354 g/mol. The Labute approximate surface area is 152 Å². The second-order valence-electron chi connectivity index (χ2n) is 6.41. The van der Waals surface area contributed by atoms with Gasteiger partial charge in [0.15, 0.2) is 5.82 Å². The Bertz CT molecular complexity index is 727. The van der Waals surface area contributed by atoms with E-state index in [-0.39, 0.29) is 0 Å². The Morgan fingerprint density at radius 3 is 2.23 bits per heavy atom. The van der Waals surface area contributed by atoms with E-state index in [9.17, 15) is 4.79 Å². The summed E-state index contributed by atoms with van der Waals surface area (Å²) in [6.07, 6.45) is 4.43. The van der Waals surface area contributed by atoms with Crippen LogP contribution in [0.4, 0.5) is 17.6 Å². The summed E-state index contributed by atoms with van der Waals surface area (Å²) < 4.78 is 0. The highest BCUT2D eigenvalue weighted by Crippen LogP contribution is 2.18. The van der Waals surface area contributed by atoms with E-state index in [2.05, 4.69) is 29.9 Å². The fourth-order valence-electron chi connectivity index (χ4n) is 3.30. The lowest BCUT2D eigenvalue weighted by atomic mass is 10.3. The molecule has 2 aliphatic heterocycles. The number of piperazine rings is 2. The van der Waals surface area contributed by atoms with Gasteiger partial charge in [-0.3, -0.25) is 4.79 Å². The molecule has 0 unspecified atom stereocenters. The summed E-state index contributed by atoms with van der Waals surface area (Å²) >= 11 is 0. The summed E-state index contributed by atoms with van der Waals surface area (Å²) in [4.78, 5) is 28.3. The van der Waals surface area contributed by atoms with Crippen LogP contribution in [0.25, 0.3) is 0 Å². The van der Waals surface area contributed by atoms with Crippen molar-refractivity contribution in [1.82, 2.24) is 25.1 Å². The number of hydrogen-bond acceptors (Lipinski definition) is 8. The molecule has 136 valence electrons. The lowest BCUT2D eigenvalue weighted by Gasteiger charge is -2.36. The number of carbonyl (C=O) groups excluding carboxylic acids is 1. The van der Waals surface area contributed by atoms with Crippen LogP contribution < -0.4 is 14.7 Å². The minimum atomic E-state index is 0.668. The molecule has 0 atom stereocenters. The number of rotatable bonds is 4. The normalized spacial score (nSPS) is 18.2. The number of nitrogens with zero attached hydrogens (tertiary/aromatic N) is 8. The largest absolute Gasteiger partial charge is 0.353 e. The standard InChI is InChI=1S/C17H22N8O/c26-14-22-5-7-24(8-6-22)16-13-19-21-17(20-16)25-11-9-23(10-12-25)15-3-1-2-4-18-15/h1-4,13-14H,5-12H2. The zero-order valence-corrected chi connectivity index (χ0v) is 14.6. The molecule has 2 aromatic rings. The van der Waals surface area contributed by atoms with Crippen molar-refractivity contribution in [3.63, 3.8) is 0 Å². The molecular formula is C17H22N8O. The van der Waals surface area contributed by atoms with E-state index in [0.717, 1.165) is 57.3 Å². The van der Waals surface area contributed by atoms with Gasteiger partial charge in [0.1, 0.15) is 5.82 Å². The first-order chi connectivity index (χ1) is 12.8. The van der Waals surface area contributed by atoms with Gasteiger partial charge in [0.05, 0.1) is 6.20 Å². The fourth-order valence-corrected chi connectivity index (χ4v) is 3.30. The summed E-state index contributed by atoms with van der Waals surface area (Å²) in [7, 11) is 0. The molecule has 0 aliphatic carbocycles. The number of carbonyl (C=O) groups is 1. The van der Waals surface area contributed by atoms with Crippen LogP contribution in [0.2, 0.25) is 0 Å². The summed E-state index contributed by atoms with van der Waals surface area (Å²) in [5.41, 5.74) is 0. The smallest absolute Gasteiger partial charge is 0.247 e. The fraction of sp³-hybridized carbons (Fsp3) is 0.471. The second kappa shape index (κ2) is 7.51. The molecule has 1 amide bonds. The maximum atomic E-state index is 10.8. The molecule has 9 heteroatoms. The van der Waals surface area contributed by atoms with Crippen molar-refractivity contribution in [3.8, 4) is 0 Å². The first kappa shape index (κ1) is 16.5. The van der Waals surface area contributed by atoms with Gasteiger partial charge < -0.3 is 19.6 Å². The highest BCUT2D eigenvalue weighted by Gasteiger charge is 2.22. The van der Waals surface area contributed by atoms with Crippen molar-refractivity contribution in [3.05, 3.63) is 30.6 Å². The average Bonchev–Trinajstić information content (AvgIpc) is 2.75. The first-order valence-electron chi connectivity index (χ1n) is 8.88. The van der Waals surface area contributed by atoms with Crippen molar-refractivity contribution >= 4 is 24.0 Å². The van der Waals surface area contributed by atoms with E-state index in [1.54, 1.807) is 11.1 Å². The van der Waals surface area contributed by atoms with E-state index in [1.165, 1.54) is 0 Å². The van der Waals surface area contributed by atoms with Gasteiger partial charge in [-0.2, -0.15) is 10.1 Å². The third-order valence-corrected chi connectivity index (χ3v) is 4.86. The molecular weight excluding hydrogens is 332 g/mol. The zero-order valence-electron chi connectivity index (χ0n) is 14.6. The predicted molar refractivity (Wildman–Crippen MR) is 98.3 cm³/mol. The Morgan fingerprint density at radius 1 is 0.846 bits per heavy atom. The third kappa shape index (κ3) is 3.51. The van der Waals surface area contributed by atoms with Gasteiger partial charge >= 0.3 is 0 Å². The van der Waals surface area contributed by atoms with Crippen LogP contribution in [0, 0.1) is 0 Å². The van der Waals surface area contributed by atoms with Crippen molar-refractivity contribution in [2.75, 3.05) is 67.1 Å². The molecule has 0 spiro atoms. The molecule has 0 N–H and O–H groups in total. The number of amides is 1. The molecule has 2 saturated heterocycles. The van der Waals surface area contributed by atoms with E-state index < -0.39 is 0 Å². The van der Waals surface area contributed by atoms with Crippen LogP contribution in [0.1, 0.15) is 0 Å². The Hall–Kier alpha value is -2.97. The van der Waals surface area contributed by atoms with Gasteiger partial charge in [0.2, 0.25) is 12.4 Å². The van der Waals surface area contributed by atoms with E-state index in [1.807, 2.05) is 24.4 Å². The van der Waals surface area contributed by atoms with Gasteiger partial charge in [0, 0.05) is 58.6 Å².